The Kier molecular flexibility index (Phi) is 2.50. The normalized spacial score (nSPS) is 12.9. The van der Waals surface area contributed by atoms with Crippen LogP contribution >= 0.6 is 15.9 Å². The van der Waals surface area contributed by atoms with Gasteiger partial charge in [-0.15, -0.1) is 0 Å². The largest absolute Gasteiger partial charge is 0.479 e. The summed E-state index contributed by atoms with van der Waals surface area (Å²) in [6, 6.07) is 4.97. The molecule has 2 aromatic rings. The Bertz CT molecular complexity index is 520. The lowest BCUT2D eigenvalue weighted by Gasteiger charge is -2.05. The number of aliphatic carboxylic acids is 1. The van der Waals surface area contributed by atoms with Crippen LogP contribution in [0.1, 0.15) is 11.7 Å². The number of rotatable bonds is 2. The van der Waals surface area contributed by atoms with Crippen LogP contribution in [0.3, 0.4) is 0 Å². The maximum Gasteiger partial charge on any atom is 0.337 e. The number of carbonyl (C=O) groups is 1. The first kappa shape index (κ1) is 10.2. The number of aliphatic hydroxyl groups excluding tert-OH is 1. The maximum absolute atomic E-state index is 10.6. The van der Waals surface area contributed by atoms with E-state index in [1.165, 1.54) is 0 Å². The first-order chi connectivity index (χ1) is 7.09. The molecule has 0 saturated heterocycles. The molecule has 2 rings (SSSR count). The van der Waals surface area contributed by atoms with E-state index in [0.717, 1.165) is 15.4 Å². The summed E-state index contributed by atoms with van der Waals surface area (Å²) in [5.74, 6) is -1.25. The minimum Gasteiger partial charge on any atom is -0.479 e. The molecule has 4 nitrogen and oxygen atoms in total. The lowest BCUT2D eigenvalue weighted by molar-refractivity contribution is -0.146. The van der Waals surface area contributed by atoms with E-state index in [0.29, 0.717) is 5.56 Å². The molecule has 0 spiro atoms. The van der Waals surface area contributed by atoms with Gasteiger partial charge in [-0.2, -0.15) is 0 Å². The van der Waals surface area contributed by atoms with Gasteiger partial charge in [0.15, 0.2) is 6.10 Å². The van der Waals surface area contributed by atoms with Gasteiger partial charge in [-0.3, -0.25) is 0 Å². The number of hydrogen-bond donors (Lipinski definition) is 3. The molecule has 15 heavy (non-hydrogen) atoms. The van der Waals surface area contributed by atoms with Crippen LogP contribution < -0.4 is 0 Å². The SMILES string of the molecule is O=C(O)C(O)c1ccc2[nH]cc(Br)c2c1. The van der Waals surface area contributed by atoms with Gasteiger partial charge in [0.25, 0.3) is 0 Å². The first-order valence-corrected chi connectivity index (χ1v) is 5.06. The molecule has 1 aromatic carbocycles. The van der Waals surface area contributed by atoms with Gasteiger partial charge in [0.2, 0.25) is 0 Å². The molecule has 0 aliphatic rings. The van der Waals surface area contributed by atoms with Gasteiger partial charge in [0.1, 0.15) is 0 Å². The highest BCUT2D eigenvalue weighted by Crippen LogP contribution is 2.26. The molecule has 0 saturated carbocycles. The lowest BCUT2D eigenvalue weighted by atomic mass is 10.1. The van der Waals surface area contributed by atoms with Crippen molar-refractivity contribution >= 4 is 32.8 Å². The van der Waals surface area contributed by atoms with Crippen LogP contribution in [0.15, 0.2) is 28.9 Å². The summed E-state index contributed by atoms with van der Waals surface area (Å²) in [5.41, 5.74) is 1.26. The van der Waals surface area contributed by atoms with Gasteiger partial charge in [-0.05, 0) is 33.6 Å². The summed E-state index contributed by atoms with van der Waals surface area (Å²) in [7, 11) is 0. The zero-order chi connectivity index (χ0) is 11.0. The summed E-state index contributed by atoms with van der Waals surface area (Å²) in [6.07, 6.45) is 0.290. The van der Waals surface area contributed by atoms with Crippen molar-refractivity contribution in [1.82, 2.24) is 4.98 Å². The highest BCUT2D eigenvalue weighted by atomic mass is 79.9. The fourth-order valence-electron chi connectivity index (χ4n) is 1.42. The molecule has 78 valence electrons. The van der Waals surface area contributed by atoms with E-state index in [1.54, 1.807) is 24.4 Å². The Morgan fingerprint density at radius 2 is 2.20 bits per heavy atom. The minimum absolute atomic E-state index is 0.371. The van der Waals surface area contributed by atoms with Gasteiger partial charge >= 0.3 is 5.97 Å². The average molecular weight is 270 g/mol. The standard InChI is InChI=1S/C10H8BrNO3/c11-7-4-12-8-2-1-5(3-6(7)8)9(13)10(14)15/h1-4,9,12-13H,(H,14,15). The van der Waals surface area contributed by atoms with E-state index < -0.39 is 12.1 Å². The number of aromatic amines is 1. The number of aliphatic hydroxyl groups is 1. The van der Waals surface area contributed by atoms with Crippen LogP contribution in [-0.2, 0) is 4.79 Å². The smallest absolute Gasteiger partial charge is 0.337 e. The van der Waals surface area contributed by atoms with E-state index in [9.17, 15) is 9.90 Å². The molecule has 5 heteroatoms. The molecule has 0 radical (unpaired) electrons. The summed E-state index contributed by atoms with van der Waals surface area (Å²) in [6.45, 7) is 0. The maximum atomic E-state index is 10.6. The number of nitrogens with one attached hydrogen (secondary N) is 1. The molecule has 0 bridgehead atoms. The van der Waals surface area contributed by atoms with E-state index in [-0.39, 0.29) is 0 Å². The predicted molar refractivity (Wildman–Crippen MR) is 58.6 cm³/mol. The van der Waals surface area contributed by atoms with Gasteiger partial charge in [-0.25, -0.2) is 4.79 Å². The fourth-order valence-corrected chi connectivity index (χ4v) is 1.86. The highest BCUT2D eigenvalue weighted by molar-refractivity contribution is 9.10. The molecule has 1 aromatic heterocycles. The van der Waals surface area contributed by atoms with Crippen LogP contribution in [0.5, 0.6) is 0 Å². The number of carboxylic acids is 1. The van der Waals surface area contributed by atoms with Crippen molar-refractivity contribution in [3.63, 3.8) is 0 Å². The Morgan fingerprint density at radius 3 is 2.87 bits per heavy atom. The molecule has 1 atom stereocenters. The zero-order valence-corrected chi connectivity index (χ0v) is 9.15. The van der Waals surface area contributed by atoms with Crippen molar-refractivity contribution in [1.29, 1.82) is 0 Å². The first-order valence-electron chi connectivity index (χ1n) is 4.27. The molecule has 1 unspecified atom stereocenters. The van der Waals surface area contributed by atoms with Gasteiger partial charge in [-0.1, -0.05) is 6.07 Å². The second-order valence-corrected chi connectivity index (χ2v) is 4.04. The van der Waals surface area contributed by atoms with Crippen molar-refractivity contribution in [2.24, 2.45) is 0 Å². The van der Waals surface area contributed by atoms with Crippen molar-refractivity contribution in [2.45, 2.75) is 6.10 Å². The second kappa shape index (κ2) is 3.67. The third-order valence-electron chi connectivity index (χ3n) is 2.20. The molecule has 0 amide bonds. The molecular weight excluding hydrogens is 262 g/mol. The number of benzene rings is 1. The third kappa shape index (κ3) is 1.75. The number of hydrogen-bond acceptors (Lipinski definition) is 2. The van der Waals surface area contributed by atoms with E-state index in [2.05, 4.69) is 20.9 Å². The number of carboxylic acid groups (broad SMARTS) is 1. The van der Waals surface area contributed by atoms with Crippen LogP contribution in [0.25, 0.3) is 10.9 Å². The fraction of sp³-hybridized carbons (Fsp3) is 0.100. The quantitative estimate of drug-likeness (QED) is 0.781. The van der Waals surface area contributed by atoms with E-state index >= 15 is 0 Å². The van der Waals surface area contributed by atoms with Crippen molar-refractivity contribution in [3.8, 4) is 0 Å². The van der Waals surface area contributed by atoms with Gasteiger partial charge < -0.3 is 15.2 Å². The lowest BCUT2D eigenvalue weighted by Crippen LogP contribution is -2.10. The van der Waals surface area contributed by atoms with Crippen molar-refractivity contribution in [2.75, 3.05) is 0 Å². The molecule has 3 N–H and O–H groups in total. The Morgan fingerprint density at radius 1 is 1.47 bits per heavy atom. The second-order valence-electron chi connectivity index (χ2n) is 3.18. The predicted octanol–water partition coefficient (Wildman–Crippen LogP) is 2.05. The Balaban J connectivity index is 2.54. The number of aromatic nitrogens is 1. The topological polar surface area (TPSA) is 73.3 Å². The van der Waals surface area contributed by atoms with E-state index in [1.807, 2.05) is 0 Å². The van der Waals surface area contributed by atoms with Crippen LogP contribution in [-0.4, -0.2) is 21.2 Å². The van der Waals surface area contributed by atoms with Crippen LogP contribution in [0.2, 0.25) is 0 Å². The summed E-state index contributed by atoms with van der Waals surface area (Å²) < 4.78 is 0.844. The minimum atomic E-state index is -1.48. The summed E-state index contributed by atoms with van der Waals surface area (Å²) in [5, 5.41) is 18.9. The number of H-pyrrole nitrogens is 1. The molecule has 1 heterocycles. The summed E-state index contributed by atoms with van der Waals surface area (Å²) in [4.78, 5) is 13.6. The average Bonchev–Trinajstić information content (AvgIpc) is 2.59. The van der Waals surface area contributed by atoms with Gasteiger partial charge in [0.05, 0.1) is 0 Å². The van der Waals surface area contributed by atoms with Crippen molar-refractivity contribution in [3.05, 3.63) is 34.4 Å². The highest BCUT2D eigenvalue weighted by Gasteiger charge is 2.16. The Hall–Kier alpha value is -1.33. The molecule has 0 aliphatic carbocycles. The van der Waals surface area contributed by atoms with E-state index in [4.69, 9.17) is 5.11 Å². The summed E-state index contributed by atoms with van der Waals surface area (Å²) >= 11 is 3.33. The number of fused-ring (bicyclic) bond motifs is 1. The molecule has 0 aliphatic heterocycles. The molecular formula is C10H8BrNO3. The monoisotopic (exact) mass is 269 g/mol. The van der Waals surface area contributed by atoms with Crippen LogP contribution in [0.4, 0.5) is 0 Å². The van der Waals surface area contributed by atoms with Crippen molar-refractivity contribution < 1.29 is 15.0 Å². The Labute approximate surface area is 93.7 Å². The third-order valence-corrected chi connectivity index (χ3v) is 2.86. The zero-order valence-electron chi connectivity index (χ0n) is 7.57. The molecule has 0 fully saturated rings. The number of halogens is 1. The van der Waals surface area contributed by atoms with Crippen LogP contribution in [0, 0.1) is 0 Å². The van der Waals surface area contributed by atoms with Gasteiger partial charge in [0, 0.05) is 21.6 Å².